The number of alkyl halides is 3. The number of halogens is 3. The summed E-state index contributed by atoms with van der Waals surface area (Å²) in [5, 5.41) is 0. The summed E-state index contributed by atoms with van der Waals surface area (Å²) in [4.78, 5) is 0. The Hall–Kier alpha value is -2.75. The van der Waals surface area contributed by atoms with Crippen molar-refractivity contribution < 1.29 is 17.9 Å². The summed E-state index contributed by atoms with van der Waals surface area (Å²) in [6.07, 6.45) is -3.71. The van der Waals surface area contributed by atoms with Crippen molar-refractivity contribution in [1.82, 2.24) is 0 Å². The lowest BCUT2D eigenvalue weighted by molar-refractivity contribution is -0.137. The van der Waals surface area contributed by atoms with E-state index in [1.807, 2.05) is 36.4 Å². The van der Waals surface area contributed by atoms with Gasteiger partial charge in [-0.05, 0) is 47.2 Å². The number of hydrogen-bond donors (Lipinski definition) is 0. The van der Waals surface area contributed by atoms with E-state index in [0.717, 1.165) is 17.2 Å². The molecule has 0 amide bonds. The van der Waals surface area contributed by atoms with Gasteiger partial charge in [-0.2, -0.15) is 13.2 Å². The molecule has 3 aromatic carbocycles. The lowest BCUT2D eigenvalue weighted by Gasteiger charge is -2.39. The molecule has 4 heteroatoms. The molecule has 1 heterocycles. The first-order valence-electron chi connectivity index (χ1n) is 9.33. The van der Waals surface area contributed by atoms with Gasteiger partial charge in [0.15, 0.2) is 0 Å². The van der Waals surface area contributed by atoms with Gasteiger partial charge < -0.3 is 4.74 Å². The minimum Gasteiger partial charge on any atom is -0.457 e. The Morgan fingerprint density at radius 3 is 2.07 bits per heavy atom. The van der Waals surface area contributed by atoms with E-state index in [1.165, 1.54) is 17.7 Å². The molecule has 3 aromatic rings. The van der Waals surface area contributed by atoms with Gasteiger partial charge in [-0.1, -0.05) is 56.3 Å². The van der Waals surface area contributed by atoms with E-state index >= 15 is 0 Å². The summed E-state index contributed by atoms with van der Waals surface area (Å²) in [5.74, 6) is 1.21. The van der Waals surface area contributed by atoms with E-state index in [9.17, 15) is 13.2 Å². The number of fused-ring (bicyclic) bond motifs is 6. The molecule has 142 valence electrons. The Morgan fingerprint density at radius 2 is 1.36 bits per heavy atom. The first kappa shape index (κ1) is 17.4. The van der Waals surface area contributed by atoms with Gasteiger partial charge >= 0.3 is 6.18 Å². The number of rotatable bonds is 0. The SMILES string of the molecule is CC1(C)CC2(c3ccccc3Oc3ccc(C(F)(F)F)cc32)c2ccccc21. The van der Waals surface area contributed by atoms with Crippen molar-refractivity contribution in [1.29, 1.82) is 0 Å². The molecule has 1 unspecified atom stereocenters. The van der Waals surface area contributed by atoms with Crippen molar-refractivity contribution in [3.63, 3.8) is 0 Å². The van der Waals surface area contributed by atoms with Crippen molar-refractivity contribution >= 4 is 0 Å². The molecule has 1 atom stereocenters. The molecule has 28 heavy (non-hydrogen) atoms. The average Bonchev–Trinajstić information content (AvgIpc) is 2.90. The highest BCUT2D eigenvalue weighted by Gasteiger charge is 2.54. The molecule has 0 bridgehead atoms. The molecule has 0 fully saturated rings. The lowest BCUT2D eigenvalue weighted by atomic mass is 9.67. The fraction of sp³-hybridized carbons (Fsp3) is 0.250. The molecule has 5 rings (SSSR count). The van der Waals surface area contributed by atoms with Crippen molar-refractivity contribution in [2.24, 2.45) is 0 Å². The molecular weight excluding hydrogens is 361 g/mol. The van der Waals surface area contributed by atoms with E-state index in [-0.39, 0.29) is 5.41 Å². The van der Waals surface area contributed by atoms with Crippen molar-refractivity contribution in [3.05, 3.63) is 94.5 Å². The molecule has 0 N–H and O–H groups in total. The largest absolute Gasteiger partial charge is 0.457 e. The normalized spacial score (nSPS) is 21.6. The maximum absolute atomic E-state index is 13.5. The zero-order valence-corrected chi connectivity index (χ0v) is 15.6. The van der Waals surface area contributed by atoms with Crippen LogP contribution in [0.25, 0.3) is 0 Å². The van der Waals surface area contributed by atoms with Crippen LogP contribution in [0.5, 0.6) is 11.5 Å². The van der Waals surface area contributed by atoms with Crippen LogP contribution in [0.1, 0.15) is 48.1 Å². The maximum Gasteiger partial charge on any atom is 0.416 e. The van der Waals surface area contributed by atoms with Crippen LogP contribution < -0.4 is 4.74 Å². The molecule has 0 aromatic heterocycles. The monoisotopic (exact) mass is 380 g/mol. The van der Waals surface area contributed by atoms with Gasteiger partial charge in [0.05, 0.1) is 11.0 Å². The van der Waals surface area contributed by atoms with Crippen molar-refractivity contribution in [3.8, 4) is 11.5 Å². The summed E-state index contributed by atoms with van der Waals surface area (Å²) < 4.78 is 46.7. The highest BCUT2D eigenvalue weighted by molar-refractivity contribution is 5.68. The summed E-state index contributed by atoms with van der Waals surface area (Å²) in [6, 6.07) is 19.7. The van der Waals surface area contributed by atoms with Gasteiger partial charge in [0.1, 0.15) is 11.5 Å². The highest BCUT2D eigenvalue weighted by atomic mass is 19.4. The number of benzene rings is 3. The van der Waals surface area contributed by atoms with Crippen LogP contribution in [0, 0.1) is 0 Å². The molecule has 0 saturated heterocycles. The summed E-state index contributed by atoms with van der Waals surface area (Å²) in [7, 11) is 0. The van der Waals surface area contributed by atoms with Gasteiger partial charge in [0.25, 0.3) is 0 Å². The molecule has 1 aliphatic carbocycles. The minimum atomic E-state index is -4.40. The summed E-state index contributed by atoms with van der Waals surface area (Å²) in [6.45, 7) is 4.32. The van der Waals surface area contributed by atoms with Crippen LogP contribution in [-0.4, -0.2) is 0 Å². The average molecular weight is 380 g/mol. The standard InChI is InChI=1S/C24H19F3O/c1-22(2)14-23(17-8-4-3-7-16(17)22)18-9-5-6-10-20(18)28-21-12-11-15(13-19(21)23)24(25,26)27/h3-13H,14H2,1-2H3. The first-order valence-corrected chi connectivity index (χ1v) is 9.33. The molecule has 2 aliphatic rings. The van der Waals surface area contributed by atoms with E-state index in [4.69, 9.17) is 4.74 Å². The van der Waals surface area contributed by atoms with Crippen LogP contribution in [0.15, 0.2) is 66.7 Å². The number of hydrogen-bond acceptors (Lipinski definition) is 1. The van der Waals surface area contributed by atoms with Crippen LogP contribution in [0.3, 0.4) is 0 Å². The van der Waals surface area contributed by atoms with Crippen molar-refractivity contribution in [2.75, 3.05) is 0 Å². The number of ether oxygens (including phenoxy) is 1. The van der Waals surface area contributed by atoms with Gasteiger partial charge in [0, 0.05) is 11.1 Å². The van der Waals surface area contributed by atoms with Crippen LogP contribution in [-0.2, 0) is 17.0 Å². The third-order valence-corrected chi connectivity index (χ3v) is 6.16. The van der Waals surface area contributed by atoms with Gasteiger partial charge in [-0.15, -0.1) is 0 Å². The molecular formula is C24H19F3O. The molecule has 1 aliphatic heterocycles. The van der Waals surface area contributed by atoms with E-state index in [2.05, 4.69) is 26.0 Å². The Labute approximate surface area is 161 Å². The van der Waals surface area contributed by atoms with Gasteiger partial charge in [0.2, 0.25) is 0 Å². The zero-order valence-electron chi connectivity index (χ0n) is 15.6. The Morgan fingerprint density at radius 1 is 0.750 bits per heavy atom. The fourth-order valence-electron chi connectivity index (χ4n) is 5.08. The molecule has 1 nitrogen and oxygen atoms in total. The second kappa shape index (κ2) is 5.40. The predicted molar refractivity (Wildman–Crippen MR) is 102 cm³/mol. The highest BCUT2D eigenvalue weighted by Crippen LogP contribution is 2.62. The van der Waals surface area contributed by atoms with E-state index in [0.29, 0.717) is 23.5 Å². The fourth-order valence-corrected chi connectivity index (χ4v) is 5.08. The zero-order chi connectivity index (χ0) is 19.7. The topological polar surface area (TPSA) is 9.23 Å². The Kier molecular flexibility index (Phi) is 3.35. The van der Waals surface area contributed by atoms with Gasteiger partial charge in [-0.25, -0.2) is 0 Å². The molecule has 1 spiro atoms. The van der Waals surface area contributed by atoms with Crippen LogP contribution in [0.4, 0.5) is 13.2 Å². The Bertz CT molecular complexity index is 1100. The molecule has 0 saturated carbocycles. The predicted octanol–water partition coefficient (Wildman–Crippen LogP) is 6.83. The second-order valence-corrected chi connectivity index (χ2v) is 8.32. The third-order valence-electron chi connectivity index (χ3n) is 6.16. The van der Waals surface area contributed by atoms with Crippen LogP contribution in [0.2, 0.25) is 0 Å². The lowest BCUT2D eigenvalue weighted by Crippen LogP contribution is -2.32. The second-order valence-electron chi connectivity index (χ2n) is 8.32. The number of para-hydroxylation sites is 1. The summed E-state index contributed by atoms with van der Waals surface area (Å²) in [5.41, 5.74) is 2.29. The molecule has 0 radical (unpaired) electrons. The van der Waals surface area contributed by atoms with Crippen LogP contribution >= 0.6 is 0 Å². The first-order chi connectivity index (χ1) is 13.2. The third kappa shape index (κ3) is 2.20. The quantitative estimate of drug-likeness (QED) is 0.415. The van der Waals surface area contributed by atoms with Gasteiger partial charge in [-0.3, -0.25) is 0 Å². The minimum absolute atomic E-state index is 0.174. The summed E-state index contributed by atoms with van der Waals surface area (Å²) >= 11 is 0. The van der Waals surface area contributed by atoms with E-state index < -0.39 is 17.2 Å². The Balaban J connectivity index is 1.89. The van der Waals surface area contributed by atoms with Crippen molar-refractivity contribution in [2.45, 2.75) is 37.3 Å². The smallest absolute Gasteiger partial charge is 0.416 e. The van der Waals surface area contributed by atoms with E-state index in [1.54, 1.807) is 0 Å². The maximum atomic E-state index is 13.5.